The van der Waals surface area contributed by atoms with Crippen molar-refractivity contribution < 1.29 is 14.3 Å². The lowest BCUT2D eigenvalue weighted by Gasteiger charge is -2.47. The maximum absolute atomic E-state index is 12.9. The number of rotatable bonds is 5. The maximum atomic E-state index is 12.9. The lowest BCUT2D eigenvalue weighted by Crippen LogP contribution is -2.53. The predicted molar refractivity (Wildman–Crippen MR) is 101 cm³/mol. The number of hydrogen-bond donors (Lipinski definition) is 0. The smallest absolute Gasteiger partial charge is 0.229 e. The van der Waals surface area contributed by atoms with Crippen LogP contribution in [0.5, 0.6) is 0 Å². The number of carbonyl (C=O) groups is 2. The van der Waals surface area contributed by atoms with Crippen LogP contribution in [0.3, 0.4) is 0 Å². The lowest BCUT2D eigenvalue weighted by atomic mass is 9.72. The standard InChI is InChI=1S/C21H30N2O3/c1-17(18-6-4-3-5-7-18)20(25)22-12-10-21(11-13-22)9-8-19(24)23(16-21)14-15-26-2/h3-7,17H,8-16H2,1-2H3. The van der Waals surface area contributed by atoms with Gasteiger partial charge in [0.15, 0.2) is 0 Å². The van der Waals surface area contributed by atoms with Gasteiger partial charge in [0.25, 0.3) is 0 Å². The average Bonchev–Trinajstić information content (AvgIpc) is 2.69. The summed E-state index contributed by atoms with van der Waals surface area (Å²) in [7, 11) is 1.67. The molecule has 0 bridgehead atoms. The Morgan fingerprint density at radius 1 is 1.19 bits per heavy atom. The number of amides is 2. The number of carbonyl (C=O) groups excluding carboxylic acids is 2. The van der Waals surface area contributed by atoms with Gasteiger partial charge in [0.05, 0.1) is 12.5 Å². The van der Waals surface area contributed by atoms with E-state index in [2.05, 4.69) is 0 Å². The molecule has 1 atom stereocenters. The van der Waals surface area contributed by atoms with Crippen LogP contribution in [0.25, 0.3) is 0 Å². The molecule has 2 aliphatic rings. The zero-order valence-electron chi connectivity index (χ0n) is 15.9. The van der Waals surface area contributed by atoms with Crippen LogP contribution >= 0.6 is 0 Å². The van der Waals surface area contributed by atoms with Gasteiger partial charge in [-0.15, -0.1) is 0 Å². The molecule has 1 aromatic rings. The van der Waals surface area contributed by atoms with Crippen LogP contribution in [0.4, 0.5) is 0 Å². The van der Waals surface area contributed by atoms with Crippen molar-refractivity contribution in [1.29, 1.82) is 0 Å². The first-order valence-electron chi connectivity index (χ1n) is 9.65. The van der Waals surface area contributed by atoms with Crippen molar-refractivity contribution in [3.63, 3.8) is 0 Å². The van der Waals surface area contributed by atoms with Crippen LogP contribution in [0.15, 0.2) is 30.3 Å². The Morgan fingerprint density at radius 2 is 1.88 bits per heavy atom. The highest BCUT2D eigenvalue weighted by Gasteiger charge is 2.42. The normalized spacial score (nSPS) is 21.1. The van der Waals surface area contributed by atoms with Crippen molar-refractivity contribution >= 4 is 11.8 Å². The van der Waals surface area contributed by atoms with Crippen molar-refractivity contribution in [2.24, 2.45) is 5.41 Å². The summed E-state index contributed by atoms with van der Waals surface area (Å²) in [5.74, 6) is 0.356. The molecule has 142 valence electrons. The van der Waals surface area contributed by atoms with Gasteiger partial charge in [-0.25, -0.2) is 0 Å². The monoisotopic (exact) mass is 358 g/mol. The molecular formula is C21H30N2O3. The highest BCUT2D eigenvalue weighted by molar-refractivity contribution is 5.83. The van der Waals surface area contributed by atoms with Gasteiger partial charge in [0.1, 0.15) is 0 Å². The fraction of sp³-hybridized carbons (Fsp3) is 0.619. The Hall–Kier alpha value is -1.88. The van der Waals surface area contributed by atoms with E-state index in [9.17, 15) is 9.59 Å². The van der Waals surface area contributed by atoms with Gasteiger partial charge in [-0.2, -0.15) is 0 Å². The Labute approximate surface area is 156 Å². The summed E-state index contributed by atoms with van der Waals surface area (Å²) in [5.41, 5.74) is 1.25. The van der Waals surface area contributed by atoms with Gasteiger partial charge in [0, 0.05) is 39.7 Å². The lowest BCUT2D eigenvalue weighted by molar-refractivity contribution is -0.143. The molecule has 0 saturated carbocycles. The minimum atomic E-state index is -0.101. The van der Waals surface area contributed by atoms with Gasteiger partial charge < -0.3 is 14.5 Å². The summed E-state index contributed by atoms with van der Waals surface area (Å²) in [6.45, 7) is 5.65. The van der Waals surface area contributed by atoms with Crippen LogP contribution in [0, 0.1) is 5.41 Å². The molecule has 0 N–H and O–H groups in total. The molecule has 2 aliphatic heterocycles. The van der Waals surface area contributed by atoms with Crippen LogP contribution in [-0.2, 0) is 14.3 Å². The van der Waals surface area contributed by atoms with Crippen LogP contribution in [-0.4, -0.2) is 61.5 Å². The summed E-state index contributed by atoms with van der Waals surface area (Å²) in [6, 6.07) is 9.99. The highest BCUT2D eigenvalue weighted by atomic mass is 16.5. The van der Waals surface area contributed by atoms with E-state index >= 15 is 0 Å². The number of methoxy groups -OCH3 is 1. The van der Waals surface area contributed by atoms with Crippen molar-refractivity contribution in [2.45, 2.75) is 38.5 Å². The average molecular weight is 358 g/mol. The molecule has 1 aromatic carbocycles. The molecule has 26 heavy (non-hydrogen) atoms. The largest absolute Gasteiger partial charge is 0.383 e. The van der Waals surface area contributed by atoms with Gasteiger partial charge in [0.2, 0.25) is 11.8 Å². The third-order valence-electron chi connectivity index (χ3n) is 6.12. The molecular weight excluding hydrogens is 328 g/mol. The number of likely N-dealkylation sites (tertiary alicyclic amines) is 2. The quantitative estimate of drug-likeness (QED) is 0.813. The van der Waals surface area contributed by atoms with E-state index < -0.39 is 0 Å². The van der Waals surface area contributed by atoms with Crippen LogP contribution in [0.2, 0.25) is 0 Å². The second-order valence-electron chi connectivity index (χ2n) is 7.77. The molecule has 0 aliphatic carbocycles. The SMILES string of the molecule is COCCN1CC2(CCC1=O)CCN(C(=O)C(C)c1ccccc1)CC2. The third-order valence-corrected chi connectivity index (χ3v) is 6.12. The van der Waals surface area contributed by atoms with E-state index in [1.807, 2.05) is 47.1 Å². The molecule has 0 radical (unpaired) electrons. The molecule has 2 saturated heterocycles. The molecule has 2 heterocycles. The molecule has 3 rings (SSSR count). The van der Waals surface area contributed by atoms with Crippen LogP contribution in [0.1, 0.15) is 44.1 Å². The summed E-state index contributed by atoms with van der Waals surface area (Å²) in [5, 5.41) is 0. The molecule has 2 fully saturated rings. The van der Waals surface area contributed by atoms with Gasteiger partial charge >= 0.3 is 0 Å². The Bertz CT molecular complexity index is 623. The fourth-order valence-electron chi connectivity index (χ4n) is 4.28. The summed E-state index contributed by atoms with van der Waals surface area (Å²) in [4.78, 5) is 29.0. The second-order valence-corrected chi connectivity index (χ2v) is 7.77. The molecule has 0 aromatic heterocycles. The van der Waals surface area contributed by atoms with E-state index in [1.54, 1.807) is 7.11 Å². The molecule has 1 spiro atoms. The van der Waals surface area contributed by atoms with Crippen molar-refractivity contribution in [3.05, 3.63) is 35.9 Å². The van der Waals surface area contributed by atoms with E-state index in [4.69, 9.17) is 4.74 Å². The van der Waals surface area contributed by atoms with Gasteiger partial charge in [-0.05, 0) is 37.2 Å². The summed E-state index contributed by atoms with van der Waals surface area (Å²) in [6.07, 6.45) is 3.54. The molecule has 1 unspecified atom stereocenters. The van der Waals surface area contributed by atoms with Crippen molar-refractivity contribution in [3.8, 4) is 0 Å². The molecule has 2 amide bonds. The first kappa shape index (κ1) is 18.9. The number of piperidine rings is 2. The number of benzene rings is 1. The van der Waals surface area contributed by atoms with E-state index in [0.29, 0.717) is 19.6 Å². The Kier molecular flexibility index (Phi) is 5.97. The number of nitrogens with zero attached hydrogens (tertiary/aromatic N) is 2. The summed E-state index contributed by atoms with van der Waals surface area (Å²) >= 11 is 0. The number of hydrogen-bond acceptors (Lipinski definition) is 3. The van der Waals surface area contributed by atoms with Crippen molar-refractivity contribution in [1.82, 2.24) is 9.80 Å². The first-order valence-corrected chi connectivity index (χ1v) is 9.65. The minimum Gasteiger partial charge on any atom is -0.383 e. The first-order chi connectivity index (χ1) is 12.5. The van der Waals surface area contributed by atoms with Gasteiger partial charge in [-0.1, -0.05) is 30.3 Å². The third kappa shape index (κ3) is 4.09. The Morgan fingerprint density at radius 3 is 2.54 bits per heavy atom. The molecule has 5 heteroatoms. The van der Waals surface area contributed by atoms with E-state index in [0.717, 1.165) is 44.5 Å². The van der Waals surface area contributed by atoms with E-state index in [-0.39, 0.29) is 23.1 Å². The fourth-order valence-corrected chi connectivity index (χ4v) is 4.28. The van der Waals surface area contributed by atoms with Gasteiger partial charge in [-0.3, -0.25) is 9.59 Å². The Balaban J connectivity index is 1.58. The minimum absolute atomic E-state index is 0.101. The van der Waals surface area contributed by atoms with Crippen LogP contribution < -0.4 is 0 Å². The maximum Gasteiger partial charge on any atom is 0.229 e. The zero-order chi connectivity index (χ0) is 18.6. The van der Waals surface area contributed by atoms with E-state index in [1.165, 1.54) is 0 Å². The van der Waals surface area contributed by atoms with Crippen molar-refractivity contribution in [2.75, 3.05) is 39.9 Å². The predicted octanol–water partition coefficient (Wildman–Crippen LogP) is 2.67. The zero-order valence-corrected chi connectivity index (χ0v) is 15.9. The highest BCUT2D eigenvalue weighted by Crippen LogP contribution is 2.40. The topological polar surface area (TPSA) is 49.9 Å². The summed E-state index contributed by atoms with van der Waals surface area (Å²) < 4.78 is 5.14. The second kappa shape index (κ2) is 8.21. The molecule has 5 nitrogen and oxygen atoms in total. The number of ether oxygens (including phenoxy) is 1.